The summed E-state index contributed by atoms with van der Waals surface area (Å²) in [5.41, 5.74) is 0. The third-order valence-corrected chi connectivity index (χ3v) is 1.78. The molecule has 0 unspecified atom stereocenters. The number of hydrogen-bond acceptors (Lipinski definition) is 0. The second-order valence-electron chi connectivity index (χ2n) is 3.15. The summed E-state index contributed by atoms with van der Waals surface area (Å²) in [6.07, 6.45) is 3.34. The Bertz CT molecular complexity index is 136. The highest BCUT2D eigenvalue weighted by Crippen LogP contribution is 2.16. The van der Waals surface area contributed by atoms with Gasteiger partial charge in [-0.2, -0.15) is 13.2 Å². The molecule has 0 aromatic carbocycles. The van der Waals surface area contributed by atoms with Crippen LogP contribution in [0.2, 0.25) is 0 Å². The topological polar surface area (TPSA) is 0 Å². The molecule has 0 aromatic heterocycles. The van der Waals surface area contributed by atoms with Crippen molar-refractivity contribution >= 4 is 0 Å². The first-order chi connectivity index (χ1) is 6.06. The van der Waals surface area contributed by atoms with Crippen molar-refractivity contribution in [3.63, 3.8) is 0 Å². The molecular weight excluding hydrogens is 177 g/mol. The van der Waals surface area contributed by atoms with Crippen LogP contribution in [-0.2, 0) is 0 Å². The molecule has 0 bridgehead atoms. The van der Waals surface area contributed by atoms with Gasteiger partial charge in [-0.1, -0.05) is 38.7 Å². The standard InChI is InChI=1S/C10H17F3/c1-2-3-4-5-6-7-8-9-10(11,12)13/h8-9H,2-7H2,1H3. The summed E-state index contributed by atoms with van der Waals surface area (Å²) in [7, 11) is 0. The van der Waals surface area contributed by atoms with Crippen LogP contribution >= 0.6 is 0 Å². The van der Waals surface area contributed by atoms with Gasteiger partial charge in [-0.15, -0.1) is 0 Å². The number of hydrogen-bond donors (Lipinski definition) is 0. The number of unbranched alkanes of at least 4 members (excludes halogenated alkanes) is 5. The van der Waals surface area contributed by atoms with Crippen LogP contribution in [0.1, 0.15) is 45.4 Å². The van der Waals surface area contributed by atoms with Crippen LogP contribution in [0.4, 0.5) is 13.2 Å². The Morgan fingerprint density at radius 3 is 2.15 bits per heavy atom. The van der Waals surface area contributed by atoms with Gasteiger partial charge in [-0.25, -0.2) is 0 Å². The second kappa shape index (κ2) is 6.98. The molecule has 0 amide bonds. The lowest BCUT2D eigenvalue weighted by atomic mass is 10.1. The van der Waals surface area contributed by atoms with Crippen LogP contribution < -0.4 is 0 Å². The Labute approximate surface area is 77.8 Å². The van der Waals surface area contributed by atoms with Crippen molar-refractivity contribution in [3.8, 4) is 0 Å². The lowest BCUT2D eigenvalue weighted by molar-refractivity contribution is -0.0800. The van der Waals surface area contributed by atoms with Crippen molar-refractivity contribution < 1.29 is 13.2 Å². The number of rotatable bonds is 6. The molecule has 78 valence electrons. The Balaban J connectivity index is 3.21. The van der Waals surface area contributed by atoms with Crippen molar-refractivity contribution in [1.29, 1.82) is 0 Å². The molecule has 0 N–H and O–H groups in total. The molecule has 0 aliphatic heterocycles. The van der Waals surface area contributed by atoms with Crippen LogP contribution in [0.15, 0.2) is 12.2 Å². The fraction of sp³-hybridized carbons (Fsp3) is 0.800. The van der Waals surface area contributed by atoms with E-state index in [0.29, 0.717) is 12.5 Å². The number of halogens is 3. The zero-order chi connectivity index (χ0) is 10.2. The van der Waals surface area contributed by atoms with Gasteiger partial charge in [-0.3, -0.25) is 0 Å². The zero-order valence-electron chi connectivity index (χ0n) is 8.03. The predicted octanol–water partition coefficient (Wildman–Crippen LogP) is 4.47. The number of allylic oxidation sites excluding steroid dienone is 2. The molecule has 0 fully saturated rings. The molecule has 0 aliphatic rings. The van der Waals surface area contributed by atoms with Crippen molar-refractivity contribution in [3.05, 3.63) is 12.2 Å². The average Bonchev–Trinajstić information content (AvgIpc) is 2.01. The first-order valence-corrected chi connectivity index (χ1v) is 4.80. The smallest absolute Gasteiger partial charge is 0.167 e. The summed E-state index contributed by atoms with van der Waals surface area (Å²) < 4.78 is 34.8. The van der Waals surface area contributed by atoms with Crippen molar-refractivity contribution in [1.82, 2.24) is 0 Å². The summed E-state index contributed by atoms with van der Waals surface area (Å²) in [6, 6.07) is 0. The molecule has 0 saturated carbocycles. The van der Waals surface area contributed by atoms with Gasteiger partial charge in [0.2, 0.25) is 0 Å². The van der Waals surface area contributed by atoms with Crippen LogP contribution in [-0.4, -0.2) is 6.18 Å². The third kappa shape index (κ3) is 11.5. The van der Waals surface area contributed by atoms with Gasteiger partial charge < -0.3 is 0 Å². The van der Waals surface area contributed by atoms with Gasteiger partial charge >= 0.3 is 6.18 Å². The molecule has 0 nitrogen and oxygen atoms in total. The maximum atomic E-state index is 11.6. The van der Waals surface area contributed by atoms with Crippen LogP contribution in [0.25, 0.3) is 0 Å². The van der Waals surface area contributed by atoms with E-state index in [2.05, 4.69) is 6.92 Å². The quantitative estimate of drug-likeness (QED) is 0.432. The summed E-state index contributed by atoms with van der Waals surface area (Å²) in [5.74, 6) is 0. The molecule has 0 saturated heterocycles. The SMILES string of the molecule is CCCCCCCC=CC(F)(F)F. The maximum Gasteiger partial charge on any atom is 0.409 e. The van der Waals surface area contributed by atoms with E-state index in [4.69, 9.17) is 0 Å². The highest BCUT2D eigenvalue weighted by molar-refractivity contribution is 4.88. The van der Waals surface area contributed by atoms with Crippen LogP contribution in [0, 0.1) is 0 Å². The third-order valence-electron chi connectivity index (χ3n) is 1.78. The largest absolute Gasteiger partial charge is 0.409 e. The summed E-state index contributed by atoms with van der Waals surface area (Å²) >= 11 is 0. The Kier molecular flexibility index (Phi) is 6.73. The lowest BCUT2D eigenvalue weighted by Gasteiger charge is -1.98. The van der Waals surface area contributed by atoms with Crippen molar-refractivity contribution in [2.75, 3.05) is 0 Å². The molecule has 0 heterocycles. The fourth-order valence-corrected chi connectivity index (χ4v) is 1.08. The summed E-state index contributed by atoms with van der Waals surface area (Å²) in [5, 5.41) is 0. The molecular formula is C10H17F3. The Hall–Kier alpha value is -0.470. The molecule has 13 heavy (non-hydrogen) atoms. The second-order valence-corrected chi connectivity index (χ2v) is 3.15. The monoisotopic (exact) mass is 194 g/mol. The van der Waals surface area contributed by atoms with Crippen LogP contribution in [0.3, 0.4) is 0 Å². The zero-order valence-corrected chi connectivity index (χ0v) is 8.03. The highest BCUT2D eigenvalue weighted by Gasteiger charge is 2.21. The number of alkyl halides is 3. The van der Waals surface area contributed by atoms with Gasteiger partial charge in [0.25, 0.3) is 0 Å². The van der Waals surface area contributed by atoms with E-state index < -0.39 is 6.18 Å². The minimum atomic E-state index is -4.14. The molecule has 0 aromatic rings. The Morgan fingerprint density at radius 1 is 1.00 bits per heavy atom. The Morgan fingerprint density at radius 2 is 1.62 bits per heavy atom. The first kappa shape index (κ1) is 12.5. The van der Waals surface area contributed by atoms with Gasteiger partial charge in [0.15, 0.2) is 0 Å². The van der Waals surface area contributed by atoms with E-state index in [1.54, 1.807) is 0 Å². The normalized spacial score (nSPS) is 12.6. The molecule has 0 spiro atoms. The highest BCUT2D eigenvalue weighted by atomic mass is 19.4. The predicted molar refractivity (Wildman–Crippen MR) is 48.6 cm³/mol. The van der Waals surface area contributed by atoms with Gasteiger partial charge in [0, 0.05) is 6.08 Å². The fourth-order valence-electron chi connectivity index (χ4n) is 1.08. The van der Waals surface area contributed by atoms with Gasteiger partial charge in [-0.05, 0) is 12.8 Å². The molecule has 0 rings (SSSR count). The minimum Gasteiger partial charge on any atom is -0.167 e. The van der Waals surface area contributed by atoms with E-state index in [9.17, 15) is 13.2 Å². The van der Waals surface area contributed by atoms with E-state index >= 15 is 0 Å². The minimum absolute atomic E-state index is 0.326. The van der Waals surface area contributed by atoms with E-state index in [-0.39, 0.29) is 0 Å². The van der Waals surface area contributed by atoms with Crippen molar-refractivity contribution in [2.24, 2.45) is 0 Å². The van der Waals surface area contributed by atoms with E-state index in [1.807, 2.05) is 0 Å². The van der Waals surface area contributed by atoms with E-state index in [0.717, 1.165) is 19.3 Å². The molecule has 0 aliphatic carbocycles. The lowest BCUT2D eigenvalue weighted by Crippen LogP contribution is -2.00. The maximum absolute atomic E-state index is 11.6. The first-order valence-electron chi connectivity index (χ1n) is 4.80. The van der Waals surface area contributed by atoms with Crippen molar-refractivity contribution in [2.45, 2.75) is 51.6 Å². The summed E-state index contributed by atoms with van der Waals surface area (Å²) in [4.78, 5) is 0. The molecule has 3 heteroatoms. The van der Waals surface area contributed by atoms with Gasteiger partial charge in [0.1, 0.15) is 0 Å². The molecule has 0 radical (unpaired) electrons. The summed E-state index contributed by atoms with van der Waals surface area (Å²) in [6.45, 7) is 2.11. The van der Waals surface area contributed by atoms with E-state index in [1.165, 1.54) is 18.9 Å². The average molecular weight is 194 g/mol. The van der Waals surface area contributed by atoms with Crippen LogP contribution in [0.5, 0.6) is 0 Å². The van der Waals surface area contributed by atoms with Gasteiger partial charge in [0.05, 0.1) is 0 Å². The molecule has 0 atom stereocenters.